The Morgan fingerprint density at radius 1 is 1.13 bits per heavy atom. The van der Waals surface area contributed by atoms with Gasteiger partial charge in [0.25, 0.3) is 5.91 Å². The highest BCUT2D eigenvalue weighted by atomic mass is 32.1. The number of rotatable bonds is 6. The molecule has 0 aliphatic heterocycles. The lowest BCUT2D eigenvalue weighted by molar-refractivity contribution is -0.137. The van der Waals surface area contributed by atoms with E-state index < -0.39 is 17.6 Å². The normalized spacial score (nSPS) is 12.5. The summed E-state index contributed by atoms with van der Waals surface area (Å²) in [6.07, 6.45) is -4.56. The summed E-state index contributed by atoms with van der Waals surface area (Å²) in [6.45, 7) is 1.07. The fourth-order valence-electron chi connectivity index (χ4n) is 2.86. The number of para-hydroxylation sites is 1. The quantitative estimate of drug-likeness (QED) is 0.628. The number of aromatic nitrogens is 1. The molecule has 0 unspecified atom stereocenters. The van der Waals surface area contributed by atoms with Gasteiger partial charge in [0.05, 0.1) is 15.8 Å². The summed E-state index contributed by atoms with van der Waals surface area (Å²) >= 11 is 1.19. The van der Waals surface area contributed by atoms with E-state index in [4.69, 9.17) is 0 Å². The number of fused-ring (bicyclic) bond motifs is 1. The Bertz CT molecular complexity index is 1170. The third-order valence-corrected chi connectivity index (χ3v) is 5.46. The third kappa shape index (κ3) is 5.80. The van der Waals surface area contributed by atoms with Crippen molar-refractivity contribution in [1.29, 1.82) is 0 Å². The molecule has 2 amide bonds. The van der Waals surface area contributed by atoms with E-state index >= 15 is 0 Å². The molecule has 10 heteroatoms. The zero-order chi connectivity index (χ0) is 22.6. The van der Waals surface area contributed by atoms with Crippen LogP contribution >= 0.6 is 11.3 Å². The number of nitrogens with zero attached hydrogens (tertiary/aromatic N) is 3. The molecule has 0 fully saturated rings. The number of thiazole rings is 1. The number of halogens is 3. The molecule has 1 aromatic heterocycles. The van der Waals surface area contributed by atoms with E-state index in [1.54, 1.807) is 16.7 Å². The van der Waals surface area contributed by atoms with Gasteiger partial charge in [-0.3, -0.25) is 9.59 Å². The van der Waals surface area contributed by atoms with Crippen molar-refractivity contribution in [3.05, 3.63) is 64.5 Å². The first-order valence-electron chi connectivity index (χ1n) is 9.41. The highest BCUT2D eigenvalue weighted by molar-refractivity contribution is 7.16. The van der Waals surface area contributed by atoms with E-state index in [1.807, 2.05) is 31.1 Å². The molecule has 0 aliphatic rings. The molecule has 2 aromatic carbocycles. The summed E-state index contributed by atoms with van der Waals surface area (Å²) in [4.78, 5) is 31.2. The molecule has 0 atom stereocenters. The molecular weight excluding hydrogens is 429 g/mol. The van der Waals surface area contributed by atoms with E-state index in [0.717, 1.165) is 16.8 Å². The summed E-state index contributed by atoms with van der Waals surface area (Å²) in [5, 5.41) is 2.80. The number of hydrogen-bond donors (Lipinski definition) is 1. The number of alkyl halides is 3. The summed E-state index contributed by atoms with van der Waals surface area (Å²) in [6, 6.07) is 11.4. The van der Waals surface area contributed by atoms with Crippen LogP contribution in [0.3, 0.4) is 0 Å². The zero-order valence-electron chi connectivity index (χ0n) is 16.9. The minimum Gasteiger partial charge on any atom is -0.353 e. The van der Waals surface area contributed by atoms with Gasteiger partial charge in [0.15, 0.2) is 4.80 Å². The van der Waals surface area contributed by atoms with Crippen molar-refractivity contribution in [3.8, 4) is 0 Å². The number of benzene rings is 2. The van der Waals surface area contributed by atoms with Crippen LogP contribution in [0.25, 0.3) is 10.2 Å². The molecule has 0 bridgehead atoms. The van der Waals surface area contributed by atoms with Crippen molar-refractivity contribution >= 4 is 33.4 Å². The lowest BCUT2D eigenvalue weighted by Crippen LogP contribution is -2.35. The fourth-order valence-corrected chi connectivity index (χ4v) is 3.89. The molecule has 3 rings (SSSR count). The molecule has 31 heavy (non-hydrogen) atoms. The number of carbonyl (C=O) groups is 2. The molecule has 1 N–H and O–H groups in total. The summed E-state index contributed by atoms with van der Waals surface area (Å²) in [7, 11) is 3.79. The minimum atomic E-state index is -4.56. The van der Waals surface area contributed by atoms with Gasteiger partial charge in [-0.2, -0.15) is 18.2 Å². The molecule has 3 aromatic rings. The predicted molar refractivity (Wildman–Crippen MR) is 113 cm³/mol. The molecule has 164 valence electrons. The zero-order valence-corrected chi connectivity index (χ0v) is 17.8. The highest BCUT2D eigenvalue weighted by Crippen LogP contribution is 2.29. The third-order valence-electron chi connectivity index (χ3n) is 4.41. The van der Waals surface area contributed by atoms with Crippen LogP contribution < -0.4 is 10.1 Å². The first-order chi connectivity index (χ1) is 14.6. The molecule has 0 saturated carbocycles. The smallest absolute Gasteiger partial charge is 0.353 e. The number of likely N-dealkylation sites (N-methyl/N-ethyl adjacent to an activating group) is 1. The van der Waals surface area contributed by atoms with Crippen LogP contribution in [0.2, 0.25) is 0 Å². The van der Waals surface area contributed by atoms with Crippen LogP contribution in [0.15, 0.2) is 53.5 Å². The highest BCUT2D eigenvalue weighted by Gasteiger charge is 2.30. The van der Waals surface area contributed by atoms with Crippen molar-refractivity contribution in [1.82, 2.24) is 14.8 Å². The molecule has 0 saturated heterocycles. The number of carbonyl (C=O) groups excluding carboxylic acids is 2. The Kier molecular flexibility index (Phi) is 6.91. The Labute approximate surface area is 180 Å². The Balaban J connectivity index is 1.94. The van der Waals surface area contributed by atoms with Crippen LogP contribution in [0.1, 0.15) is 15.9 Å². The van der Waals surface area contributed by atoms with E-state index in [9.17, 15) is 22.8 Å². The molecule has 6 nitrogen and oxygen atoms in total. The topological polar surface area (TPSA) is 66.7 Å². The first kappa shape index (κ1) is 22.7. The second kappa shape index (κ2) is 9.44. The average Bonchev–Trinajstić information content (AvgIpc) is 3.04. The average molecular weight is 450 g/mol. The van der Waals surface area contributed by atoms with Crippen LogP contribution in [-0.2, 0) is 17.5 Å². The number of amides is 2. The van der Waals surface area contributed by atoms with Gasteiger partial charge in [-0.05, 0) is 44.4 Å². The summed E-state index contributed by atoms with van der Waals surface area (Å²) in [5.74, 6) is -1.06. The Hall–Kier alpha value is -2.98. The van der Waals surface area contributed by atoms with Crippen molar-refractivity contribution in [2.24, 2.45) is 4.99 Å². The van der Waals surface area contributed by atoms with E-state index in [1.165, 1.54) is 23.5 Å². The van der Waals surface area contributed by atoms with Crippen LogP contribution in [-0.4, -0.2) is 48.5 Å². The monoisotopic (exact) mass is 450 g/mol. The fraction of sp³-hybridized carbons (Fsp3) is 0.286. The van der Waals surface area contributed by atoms with Gasteiger partial charge in [-0.15, -0.1) is 0 Å². The molecule has 1 heterocycles. The van der Waals surface area contributed by atoms with Gasteiger partial charge >= 0.3 is 6.18 Å². The maximum absolute atomic E-state index is 13.0. The van der Waals surface area contributed by atoms with E-state index in [2.05, 4.69) is 10.3 Å². The van der Waals surface area contributed by atoms with E-state index in [0.29, 0.717) is 18.6 Å². The van der Waals surface area contributed by atoms with Crippen LogP contribution in [0, 0.1) is 0 Å². The van der Waals surface area contributed by atoms with E-state index in [-0.39, 0.29) is 22.8 Å². The predicted octanol–water partition coefficient (Wildman–Crippen LogP) is 3.14. The summed E-state index contributed by atoms with van der Waals surface area (Å²) in [5.41, 5.74) is -0.377. The number of hydrogen-bond acceptors (Lipinski definition) is 4. The van der Waals surface area contributed by atoms with Gasteiger partial charge < -0.3 is 14.8 Å². The maximum atomic E-state index is 13.0. The maximum Gasteiger partial charge on any atom is 0.416 e. The van der Waals surface area contributed by atoms with Crippen molar-refractivity contribution in [2.45, 2.75) is 12.7 Å². The Morgan fingerprint density at radius 2 is 1.87 bits per heavy atom. The van der Waals surface area contributed by atoms with Gasteiger partial charge in [-0.1, -0.05) is 29.5 Å². The largest absolute Gasteiger partial charge is 0.416 e. The molecular formula is C21H21F3N4O2S. The molecule has 0 radical (unpaired) electrons. The molecule has 0 spiro atoms. The molecule has 0 aliphatic carbocycles. The first-order valence-corrected chi connectivity index (χ1v) is 10.2. The van der Waals surface area contributed by atoms with Crippen LogP contribution in [0.4, 0.5) is 13.2 Å². The van der Waals surface area contributed by atoms with Gasteiger partial charge in [0.1, 0.15) is 6.54 Å². The lowest BCUT2D eigenvalue weighted by atomic mass is 10.1. The van der Waals surface area contributed by atoms with Crippen LogP contribution in [0.5, 0.6) is 0 Å². The second-order valence-corrected chi connectivity index (χ2v) is 8.10. The van der Waals surface area contributed by atoms with Gasteiger partial charge in [0, 0.05) is 18.7 Å². The minimum absolute atomic E-state index is 0.0633. The number of nitrogens with one attached hydrogen (secondary N) is 1. The van der Waals surface area contributed by atoms with Crippen molar-refractivity contribution in [2.75, 3.05) is 27.2 Å². The second-order valence-electron chi connectivity index (χ2n) is 7.09. The van der Waals surface area contributed by atoms with Gasteiger partial charge in [0.2, 0.25) is 5.91 Å². The SMILES string of the molecule is CN(C)CCNC(=O)Cn1c(=NC(=O)c2cccc(C(F)(F)F)c2)sc2ccccc21. The van der Waals surface area contributed by atoms with Crippen molar-refractivity contribution < 1.29 is 22.8 Å². The summed E-state index contributed by atoms with van der Waals surface area (Å²) < 4.78 is 41.3. The lowest BCUT2D eigenvalue weighted by Gasteiger charge is -2.11. The van der Waals surface area contributed by atoms with Crippen molar-refractivity contribution in [3.63, 3.8) is 0 Å². The van der Waals surface area contributed by atoms with Gasteiger partial charge in [-0.25, -0.2) is 0 Å². The Morgan fingerprint density at radius 3 is 2.58 bits per heavy atom. The standard InChI is InChI=1S/C21H21F3N4O2S/c1-27(2)11-10-25-18(29)13-28-16-8-3-4-9-17(16)31-20(28)26-19(30)14-6-5-7-15(12-14)21(22,23)24/h3-9,12H,10-11,13H2,1-2H3,(H,25,29).